The lowest BCUT2D eigenvalue weighted by molar-refractivity contribution is -0.120. The molecule has 8 heteroatoms. The van der Waals surface area contributed by atoms with Crippen LogP contribution in [0.3, 0.4) is 0 Å². The third kappa shape index (κ3) is 3.98. The lowest BCUT2D eigenvalue weighted by atomic mass is 10.0. The molecule has 2 amide bonds. The molecule has 1 fully saturated rings. The Morgan fingerprint density at radius 3 is 2.16 bits per heavy atom. The first-order chi connectivity index (χ1) is 15.4. The van der Waals surface area contributed by atoms with E-state index in [0.717, 1.165) is 36.7 Å². The van der Waals surface area contributed by atoms with Gasteiger partial charge in [-0.1, -0.05) is 19.1 Å². The van der Waals surface area contributed by atoms with Gasteiger partial charge in [-0.05, 0) is 43.3 Å². The van der Waals surface area contributed by atoms with E-state index < -0.39 is 23.4 Å². The molecule has 0 saturated carbocycles. The number of ether oxygens (including phenoxy) is 1. The van der Waals surface area contributed by atoms with Gasteiger partial charge in [-0.25, -0.2) is 13.7 Å². The van der Waals surface area contributed by atoms with Crippen LogP contribution in [0, 0.1) is 11.6 Å². The Hall–Kier alpha value is -3.26. The highest BCUT2D eigenvalue weighted by Gasteiger charge is 2.43. The van der Waals surface area contributed by atoms with Crippen molar-refractivity contribution in [2.45, 2.75) is 13.8 Å². The molecule has 2 aromatic rings. The second-order valence-electron chi connectivity index (χ2n) is 7.65. The number of benzene rings is 2. The molecule has 0 aromatic heterocycles. The number of likely N-dealkylation sites (N-methyl/N-ethyl adjacent to an activating group) is 1. The maximum Gasteiger partial charge on any atom is 0.282 e. The lowest BCUT2D eigenvalue weighted by Gasteiger charge is -2.36. The summed E-state index contributed by atoms with van der Waals surface area (Å²) in [5.41, 5.74) is 1.13. The highest BCUT2D eigenvalue weighted by atomic mass is 19.2. The Kier molecular flexibility index (Phi) is 6.23. The Morgan fingerprint density at radius 1 is 0.875 bits per heavy atom. The summed E-state index contributed by atoms with van der Waals surface area (Å²) in [6.07, 6.45) is 0. The van der Waals surface area contributed by atoms with Crippen molar-refractivity contribution in [2.24, 2.45) is 0 Å². The smallest absolute Gasteiger partial charge is 0.282 e. The molecular formula is C24H25F2N3O3. The first kappa shape index (κ1) is 22.0. The van der Waals surface area contributed by atoms with Crippen molar-refractivity contribution in [3.63, 3.8) is 0 Å². The second kappa shape index (κ2) is 9.08. The molecule has 1 saturated heterocycles. The quantitative estimate of drug-likeness (QED) is 0.644. The van der Waals surface area contributed by atoms with Gasteiger partial charge in [-0.15, -0.1) is 0 Å². The highest BCUT2D eigenvalue weighted by molar-refractivity contribution is 6.45. The van der Waals surface area contributed by atoms with Gasteiger partial charge in [0.25, 0.3) is 11.8 Å². The van der Waals surface area contributed by atoms with Crippen LogP contribution < -0.4 is 9.64 Å². The fourth-order valence-electron chi connectivity index (χ4n) is 4.10. The van der Waals surface area contributed by atoms with E-state index in [4.69, 9.17) is 4.74 Å². The number of hydrogen-bond donors (Lipinski definition) is 0. The number of amides is 2. The normalized spacial score (nSPS) is 17.5. The average Bonchev–Trinajstić information content (AvgIpc) is 3.06. The second-order valence-corrected chi connectivity index (χ2v) is 7.65. The SMILES string of the molecule is CCOc1ccc(C2=C(N3CCN(CC)CC3)C(=O)N(c3ccc(F)c(F)c3)C2=O)cc1. The molecule has 0 radical (unpaired) electrons. The van der Waals surface area contributed by atoms with Crippen molar-refractivity contribution >= 4 is 23.1 Å². The molecule has 2 heterocycles. The number of halogens is 2. The maximum absolute atomic E-state index is 13.9. The number of imide groups is 1. The van der Waals surface area contributed by atoms with Gasteiger partial charge in [0, 0.05) is 32.2 Å². The third-order valence-corrected chi connectivity index (χ3v) is 5.81. The van der Waals surface area contributed by atoms with Crippen LogP contribution in [-0.2, 0) is 9.59 Å². The average molecular weight is 441 g/mol. The largest absolute Gasteiger partial charge is 0.494 e. The summed E-state index contributed by atoms with van der Waals surface area (Å²) >= 11 is 0. The highest BCUT2D eigenvalue weighted by Crippen LogP contribution is 2.36. The Bertz CT molecular complexity index is 1060. The monoisotopic (exact) mass is 441 g/mol. The number of nitrogens with zero attached hydrogens (tertiary/aromatic N) is 3. The van der Waals surface area contributed by atoms with Crippen LogP contribution >= 0.6 is 0 Å². The molecule has 0 aliphatic carbocycles. The molecule has 0 bridgehead atoms. The molecule has 6 nitrogen and oxygen atoms in total. The van der Waals surface area contributed by atoms with Crippen LogP contribution in [0.4, 0.5) is 14.5 Å². The van der Waals surface area contributed by atoms with Gasteiger partial charge >= 0.3 is 0 Å². The van der Waals surface area contributed by atoms with Crippen molar-refractivity contribution in [3.05, 3.63) is 65.4 Å². The zero-order valence-electron chi connectivity index (χ0n) is 18.1. The van der Waals surface area contributed by atoms with Gasteiger partial charge in [0.2, 0.25) is 0 Å². The van der Waals surface area contributed by atoms with E-state index in [2.05, 4.69) is 11.8 Å². The number of carbonyl (C=O) groups excluding carboxylic acids is 2. The summed E-state index contributed by atoms with van der Waals surface area (Å²) in [4.78, 5) is 32.0. The molecule has 0 N–H and O–H groups in total. The molecule has 2 aliphatic heterocycles. The summed E-state index contributed by atoms with van der Waals surface area (Å²) < 4.78 is 32.8. The first-order valence-corrected chi connectivity index (χ1v) is 10.7. The molecule has 0 unspecified atom stereocenters. The van der Waals surface area contributed by atoms with Crippen LogP contribution in [0.2, 0.25) is 0 Å². The van der Waals surface area contributed by atoms with Crippen molar-refractivity contribution in [1.29, 1.82) is 0 Å². The molecule has 168 valence electrons. The Labute approximate surface area is 185 Å². The fourth-order valence-corrected chi connectivity index (χ4v) is 4.10. The Balaban J connectivity index is 1.76. The van der Waals surface area contributed by atoms with Crippen LogP contribution in [-0.4, -0.2) is 60.9 Å². The fraction of sp³-hybridized carbons (Fsp3) is 0.333. The first-order valence-electron chi connectivity index (χ1n) is 10.7. The van der Waals surface area contributed by atoms with Crippen molar-refractivity contribution in [2.75, 3.05) is 44.2 Å². The van der Waals surface area contributed by atoms with Crippen LogP contribution in [0.1, 0.15) is 19.4 Å². The zero-order valence-corrected chi connectivity index (χ0v) is 18.1. The molecule has 0 spiro atoms. The van der Waals surface area contributed by atoms with Crippen LogP contribution in [0.15, 0.2) is 48.2 Å². The maximum atomic E-state index is 13.9. The van der Waals surface area contributed by atoms with E-state index in [0.29, 0.717) is 36.7 Å². The number of rotatable bonds is 6. The number of anilines is 1. The van der Waals surface area contributed by atoms with E-state index >= 15 is 0 Å². The van der Waals surface area contributed by atoms with Crippen LogP contribution in [0.25, 0.3) is 5.57 Å². The molecule has 2 aromatic carbocycles. The molecule has 0 atom stereocenters. The summed E-state index contributed by atoms with van der Waals surface area (Å²) in [5.74, 6) is -2.59. The third-order valence-electron chi connectivity index (χ3n) is 5.81. The molecule has 32 heavy (non-hydrogen) atoms. The van der Waals surface area contributed by atoms with E-state index in [-0.39, 0.29) is 11.3 Å². The number of piperazine rings is 1. The van der Waals surface area contributed by atoms with E-state index in [9.17, 15) is 18.4 Å². The summed E-state index contributed by atoms with van der Waals surface area (Å²) in [6, 6.07) is 10.00. The van der Waals surface area contributed by atoms with Crippen molar-refractivity contribution in [3.8, 4) is 5.75 Å². The van der Waals surface area contributed by atoms with Gasteiger partial charge < -0.3 is 14.5 Å². The summed E-state index contributed by atoms with van der Waals surface area (Å²) in [6.45, 7) is 8.09. The van der Waals surface area contributed by atoms with Gasteiger partial charge in [0.1, 0.15) is 11.4 Å². The Morgan fingerprint density at radius 2 is 1.56 bits per heavy atom. The minimum Gasteiger partial charge on any atom is -0.494 e. The summed E-state index contributed by atoms with van der Waals surface area (Å²) in [7, 11) is 0. The van der Waals surface area contributed by atoms with Crippen LogP contribution in [0.5, 0.6) is 5.75 Å². The predicted molar refractivity (Wildman–Crippen MR) is 117 cm³/mol. The predicted octanol–water partition coefficient (Wildman–Crippen LogP) is 3.29. The number of hydrogen-bond acceptors (Lipinski definition) is 5. The number of carbonyl (C=O) groups is 2. The van der Waals surface area contributed by atoms with E-state index in [1.165, 1.54) is 6.07 Å². The zero-order chi connectivity index (χ0) is 22.8. The van der Waals surface area contributed by atoms with E-state index in [1.807, 2.05) is 11.8 Å². The summed E-state index contributed by atoms with van der Waals surface area (Å²) in [5, 5.41) is 0. The van der Waals surface area contributed by atoms with Crippen molar-refractivity contribution in [1.82, 2.24) is 9.80 Å². The van der Waals surface area contributed by atoms with Gasteiger partial charge in [-0.2, -0.15) is 0 Å². The molecular weight excluding hydrogens is 416 g/mol. The van der Waals surface area contributed by atoms with E-state index in [1.54, 1.807) is 24.3 Å². The lowest BCUT2D eigenvalue weighted by Crippen LogP contribution is -2.47. The van der Waals surface area contributed by atoms with Gasteiger partial charge in [0.05, 0.1) is 17.9 Å². The van der Waals surface area contributed by atoms with Crippen molar-refractivity contribution < 1.29 is 23.1 Å². The molecule has 2 aliphatic rings. The minimum absolute atomic E-state index is 0.00420. The minimum atomic E-state index is -1.12. The molecule has 4 rings (SSSR count). The topological polar surface area (TPSA) is 53.1 Å². The standard InChI is InChI=1S/C24H25F2N3O3/c1-3-27-11-13-28(14-12-27)22-21(16-5-8-18(9-6-16)32-4-2)23(30)29(24(22)31)17-7-10-19(25)20(26)15-17/h5-10,15H,3-4,11-14H2,1-2H3. The van der Waals surface area contributed by atoms with Gasteiger partial charge in [0.15, 0.2) is 11.6 Å². The van der Waals surface area contributed by atoms with Gasteiger partial charge in [-0.3, -0.25) is 9.59 Å².